The summed E-state index contributed by atoms with van der Waals surface area (Å²) in [5.74, 6) is 0. The molecule has 0 fully saturated rings. The first kappa shape index (κ1) is 20.6. The van der Waals surface area contributed by atoms with Crippen LogP contribution in [0.5, 0.6) is 0 Å². The van der Waals surface area contributed by atoms with E-state index in [9.17, 15) is 0 Å². The number of halogens is 1. The fraction of sp³-hybridized carbons (Fsp3) is 0.240. The number of hydrogen-bond acceptors (Lipinski definition) is 1. The van der Waals surface area contributed by atoms with Crippen LogP contribution in [-0.4, -0.2) is 13.1 Å². The molecule has 1 aliphatic heterocycles. The van der Waals surface area contributed by atoms with Gasteiger partial charge in [0.25, 0.3) is 0 Å². The summed E-state index contributed by atoms with van der Waals surface area (Å²) in [6, 6.07) is 19.6. The Balaban J connectivity index is 0.00000225. The van der Waals surface area contributed by atoms with Crippen LogP contribution in [0.2, 0.25) is 0 Å². The lowest BCUT2D eigenvalue weighted by Crippen LogP contribution is -3.00. The van der Waals surface area contributed by atoms with Crippen molar-refractivity contribution in [2.75, 3.05) is 18.0 Å². The van der Waals surface area contributed by atoms with Crippen molar-refractivity contribution < 1.29 is 28.5 Å². The predicted octanol–water partition coefficient (Wildman–Crippen LogP) is 2.48. The molecule has 0 amide bonds. The van der Waals surface area contributed by atoms with Gasteiger partial charge in [-0.1, -0.05) is 48.6 Å². The minimum atomic E-state index is 0. The van der Waals surface area contributed by atoms with Gasteiger partial charge < -0.3 is 28.9 Å². The van der Waals surface area contributed by atoms with Gasteiger partial charge in [0.2, 0.25) is 5.52 Å². The lowest BCUT2D eigenvalue weighted by atomic mass is 9.95. The van der Waals surface area contributed by atoms with Crippen molar-refractivity contribution >= 4 is 28.2 Å². The average molecular weight is 482 g/mol. The summed E-state index contributed by atoms with van der Waals surface area (Å²) in [6.07, 6.45) is 10.0. The molecule has 0 unspecified atom stereocenters. The molecule has 2 aromatic carbocycles. The van der Waals surface area contributed by atoms with Gasteiger partial charge in [-0.25, -0.2) is 0 Å². The average Bonchev–Trinajstić information content (AvgIpc) is 2.74. The molecule has 2 heterocycles. The van der Waals surface area contributed by atoms with E-state index < -0.39 is 0 Å². The first-order chi connectivity index (χ1) is 13.3. The number of rotatable bonds is 4. The van der Waals surface area contributed by atoms with Crippen molar-refractivity contribution in [2.45, 2.75) is 26.8 Å². The zero-order valence-electron chi connectivity index (χ0n) is 16.6. The molecule has 2 nitrogen and oxygen atoms in total. The Labute approximate surface area is 185 Å². The first-order valence-electron chi connectivity index (χ1n) is 9.94. The predicted molar refractivity (Wildman–Crippen MR) is 116 cm³/mol. The zero-order valence-corrected chi connectivity index (χ0v) is 18.8. The molecule has 0 saturated carbocycles. The van der Waals surface area contributed by atoms with Crippen molar-refractivity contribution in [3.8, 4) is 0 Å². The van der Waals surface area contributed by atoms with E-state index in [4.69, 9.17) is 0 Å². The fourth-order valence-corrected chi connectivity index (χ4v) is 4.03. The molecule has 144 valence electrons. The highest BCUT2D eigenvalue weighted by atomic mass is 127. The van der Waals surface area contributed by atoms with Crippen LogP contribution >= 0.6 is 0 Å². The van der Waals surface area contributed by atoms with E-state index in [-0.39, 0.29) is 24.0 Å². The van der Waals surface area contributed by atoms with Crippen molar-refractivity contribution in [3.63, 3.8) is 0 Å². The second-order valence-electron chi connectivity index (χ2n) is 6.97. The van der Waals surface area contributed by atoms with Crippen molar-refractivity contribution in [1.29, 1.82) is 0 Å². The molecule has 3 heteroatoms. The van der Waals surface area contributed by atoms with Crippen LogP contribution in [0.15, 0.2) is 72.9 Å². The molecule has 1 aromatic heterocycles. The quantitative estimate of drug-likeness (QED) is 0.410. The summed E-state index contributed by atoms with van der Waals surface area (Å²) in [4.78, 5) is 2.46. The smallest absolute Gasteiger partial charge is 0.213 e. The molecule has 0 radical (unpaired) electrons. The number of hydrogen-bond donors (Lipinski definition) is 0. The Morgan fingerprint density at radius 3 is 2.61 bits per heavy atom. The number of pyridine rings is 1. The van der Waals surface area contributed by atoms with Crippen LogP contribution in [0.25, 0.3) is 22.6 Å². The third kappa shape index (κ3) is 4.00. The minimum absolute atomic E-state index is 0. The summed E-state index contributed by atoms with van der Waals surface area (Å²) in [5, 5.41) is 1.30. The number of allylic oxidation sites excluding steroid dienone is 2. The van der Waals surface area contributed by atoms with E-state index >= 15 is 0 Å². The van der Waals surface area contributed by atoms with E-state index in [0.717, 1.165) is 26.1 Å². The topological polar surface area (TPSA) is 7.12 Å². The molecule has 28 heavy (non-hydrogen) atoms. The molecule has 0 N–H and O–H groups in total. The minimum Gasteiger partial charge on any atom is -1.00 e. The van der Waals surface area contributed by atoms with Gasteiger partial charge >= 0.3 is 0 Å². The number of benzene rings is 2. The Kier molecular flexibility index (Phi) is 6.89. The summed E-state index contributed by atoms with van der Waals surface area (Å²) in [7, 11) is 0. The Hall–Kier alpha value is -2.14. The molecule has 0 bridgehead atoms. The van der Waals surface area contributed by atoms with Gasteiger partial charge in [-0.2, -0.15) is 4.57 Å². The highest BCUT2D eigenvalue weighted by molar-refractivity contribution is 5.86. The standard InChI is InChI=1S/C25H27N2.HI/c1-3-26-18-16-20(22-12-5-7-14-24(22)26)10-9-11-21-17-19-27(4-2)25-15-8-6-13-23(21)25;/h5-16,18H,3-4,17,19H2,1-2H3;1H/q+1;/p-1. The van der Waals surface area contributed by atoms with Crippen molar-refractivity contribution in [3.05, 3.63) is 84.1 Å². The number of anilines is 1. The van der Waals surface area contributed by atoms with Crippen molar-refractivity contribution in [1.82, 2.24) is 0 Å². The molecule has 0 atom stereocenters. The van der Waals surface area contributed by atoms with Gasteiger partial charge in [-0.15, -0.1) is 0 Å². The molecule has 0 aliphatic carbocycles. The maximum Gasteiger partial charge on any atom is 0.213 e. The molecule has 0 spiro atoms. The Bertz CT molecular complexity index is 1020. The third-order valence-electron chi connectivity index (χ3n) is 5.50. The number of aromatic nitrogens is 1. The van der Waals surface area contributed by atoms with Crippen LogP contribution in [0.1, 0.15) is 31.4 Å². The normalized spacial score (nSPS) is 15.1. The van der Waals surface area contributed by atoms with Crippen LogP contribution in [0.3, 0.4) is 0 Å². The van der Waals surface area contributed by atoms with Crippen LogP contribution < -0.4 is 33.4 Å². The first-order valence-corrected chi connectivity index (χ1v) is 9.94. The highest BCUT2D eigenvalue weighted by Gasteiger charge is 2.18. The monoisotopic (exact) mass is 482 g/mol. The molecular formula is C25H27IN2. The van der Waals surface area contributed by atoms with E-state index in [1.165, 1.54) is 33.3 Å². The van der Waals surface area contributed by atoms with Gasteiger partial charge in [-0.05, 0) is 43.5 Å². The third-order valence-corrected chi connectivity index (χ3v) is 5.50. The second kappa shape index (κ2) is 9.37. The highest BCUT2D eigenvalue weighted by Crippen LogP contribution is 2.34. The molecule has 3 aromatic rings. The van der Waals surface area contributed by atoms with E-state index in [0.29, 0.717) is 0 Å². The van der Waals surface area contributed by atoms with E-state index in [1.807, 2.05) is 0 Å². The van der Waals surface area contributed by atoms with Gasteiger partial charge in [0.15, 0.2) is 6.20 Å². The largest absolute Gasteiger partial charge is 1.00 e. The molecule has 4 rings (SSSR count). The summed E-state index contributed by atoms with van der Waals surface area (Å²) >= 11 is 0. The molecule has 0 saturated heterocycles. The maximum atomic E-state index is 2.46. The number of aryl methyl sites for hydroxylation is 1. The van der Waals surface area contributed by atoms with E-state index in [2.05, 4.69) is 102 Å². The molecular weight excluding hydrogens is 455 g/mol. The summed E-state index contributed by atoms with van der Waals surface area (Å²) in [6.45, 7) is 7.56. The van der Waals surface area contributed by atoms with Gasteiger partial charge in [0.05, 0.1) is 5.39 Å². The van der Waals surface area contributed by atoms with Crippen molar-refractivity contribution in [2.24, 2.45) is 0 Å². The molecule has 1 aliphatic rings. The maximum absolute atomic E-state index is 2.46. The summed E-state index contributed by atoms with van der Waals surface area (Å²) in [5.41, 5.74) is 6.72. The lowest BCUT2D eigenvalue weighted by Gasteiger charge is -2.31. The number of para-hydroxylation sites is 2. The zero-order chi connectivity index (χ0) is 18.6. The Morgan fingerprint density at radius 1 is 1.00 bits per heavy atom. The van der Waals surface area contributed by atoms with E-state index in [1.54, 1.807) is 0 Å². The van der Waals surface area contributed by atoms with Gasteiger partial charge in [0, 0.05) is 36.5 Å². The second-order valence-corrected chi connectivity index (χ2v) is 6.97. The Morgan fingerprint density at radius 2 is 1.79 bits per heavy atom. The SMILES string of the molecule is CCN1CCC(=CC=Cc2cc[n+](CC)c3ccccc23)c2ccccc21.[I-]. The van der Waals surface area contributed by atoms with Gasteiger partial charge in [0.1, 0.15) is 6.54 Å². The van der Waals surface area contributed by atoms with Crippen LogP contribution in [0, 0.1) is 0 Å². The van der Waals surface area contributed by atoms with Crippen LogP contribution in [-0.2, 0) is 6.54 Å². The number of nitrogens with zero attached hydrogens (tertiary/aromatic N) is 2. The lowest BCUT2D eigenvalue weighted by molar-refractivity contribution is -0.667. The van der Waals surface area contributed by atoms with Crippen LogP contribution in [0.4, 0.5) is 5.69 Å². The summed E-state index contributed by atoms with van der Waals surface area (Å²) < 4.78 is 2.29. The fourth-order valence-electron chi connectivity index (χ4n) is 4.03. The van der Waals surface area contributed by atoms with Gasteiger partial charge in [-0.3, -0.25) is 0 Å². The number of fused-ring (bicyclic) bond motifs is 2.